The highest BCUT2D eigenvalue weighted by Crippen LogP contribution is 2.21. The van der Waals surface area contributed by atoms with Crippen molar-refractivity contribution in [3.63, 3.8) is 0 Å². The monoisotopic (exact) mass is 326 g/mol. The van der Waals surface area contributed by atoms with Gasteiger partial charge in [-0.15, -0.1) is 0 Å². The van der Waals surface area contributed by atoms with Gasteiger partial charge in [0, 0.05) is 13.1 Å². The van der Waals surface area contributed by atoms with Crippen molar-refractivity contribution < 1.29 is 9.59 Å². The van der Waals surface area contributed by atoms with Crippen LogP contribution in [0.3, 0.4) is 0 Å². The molecule has 3 rings (SSSR count). The Balaban J connectivity index is 1.83. The zero-order valence-corrected chi connectivity index (χ0v) is 14.0. The number of likely N-dealkylation sites (tertiary alicyclic amines) is 1. The summed E-state index contributed by atoms with van der Waals surface area (Å²) < 4.78 is 1.77. The van der Waals surface area contributed by atoms with E-state index in [2.05, 4.69) is 5.10 Å². The molecule has 0 unspecified atom stereocenters. The van der Waals surface area contributed by atoms with Gasteiger partial charge in [-0.25, -0.2) is 4.68 Å². The van der Waals surface area contributed by atoms with Gasteiger partial charge in [0.1, 0.15) is 0 Å². The highest BCUT2D eigenvalue weighted by Gasteiger charge is 2.29. The van der Waals surface area contributed by atoms with Crippen LogP contribution in [0.1, 0.15) is 34.5 Å². The topological polar surface area (TPSA) is 81.2 Å². The summed E-state index contributed by atoms with van der Waals surface area (Å²) in [6.07, 6.45) is 3.15. The second-order valence-electron chi connectivity index (χ2n) is 6.38. The van der Waals surface area contributed by atoms with Gasteiger partial charge in [-0.3, -0.25) is 9.59 Å². The van der Waals surface area contributed by atoms with E-state index in [1.54, 1.807) is 15.8 Å². The van der Waals surface area contributed by atoms with Crippen LogP contribution in [-0.2, 0) is 4.79 Å². The predicted molar refractivity (Wildman–Crippen MR) is 90.9 cm³/mol. The minimum atomic E-state index is -0.334. The summed E-state index contributed by atoms with van der Waals surface area (Å²) in [5.41, 5.74) is 8.86. The second kappa shape index (κ2) is 6.47. The lowest BCUT2D eigenvalue weighted by Gasteiger charge is -2.31. The van der Waals surface area contributed by atoms with E-state index < -0.39 is 0 Å². The number of aryl methyl sites for hydroxylation is 1. The van der Waals surface area contributed by atoms with Gasteiger partial charge in [0.25, 0.3) is 5.91 Å². The van der Waals surface area contributed by atoms with Crippen molar-refractivity contribution in [3.05, 3.63) is 47.3 Å². The summed E-state index contributed by atoms with van der Waals surface area (Å²) in [5, 5.41) is 4.36. The van der Waals surface area contributed by atoms with Gasteiger partial charge < -0.3 is 10.6 Å². The van der Waals surface area contributed by atoms with Gasteiger partial charge in [-0.05, 0) is 38.8 Å². The molecule has 2 N–H and O–H groups in total. The van der Waals surface area contributed by atoms with Crippen LogP contribution in [0.5, 0.6) is 0 Å². The van der Waals surface area contributed by atoms with Crippen LogP contribution in [0, 0.1) is 19.8 Å². The lowest BCUT2D eigenvalue weighted by atomic mass is 9.97. The molecule has 1 fully saturated rings. The number of nitrogens with two attached hydrogens (primary N) is 1. The van der Waals surface area contributed by atoms with Crippen LogP contribution >= 0.6 is 0 Å². The van der Waals surface area contributed by atoms with E-state index in [1.165, 1.54) is 5.56 Å². The van der Waals surface area contributed by atoms with Crippen LogP contribution < -0.4 is 5.73 Å². The number of hydrogen-bond acceptors (Lipinski definition) is 3. The van der Waals surface area contributed by atoms with Gasteiger partial charge in [0.05, 0.1) is 29.1 Å². The number of primary amides is 1. The molecule has 0 radical (unpaired) electrons. The van der Waals surface area contributed by atoms with Gasteiger partial charge >= 0.3 is 0 Å². The van der Waals surface area contributed by atoms with Crippen LogP contribution in [0.15, 0.2) is 30.5 Å². The lowest BCUT2D eigenvalue weighted by molar-refractivity contribution is -0.123. The standard InChI is InChI=1S/C18H22N4O2/c1-12-5-7-15(8-6-12)22-13(2)16(10-20-22)18(24)21-9-3-4-14(11-21)17(19)23/h5-8,10,14H,3-4,9,11H2,1-2H3,(H2,19,23)/t14-/m1/s1. The first-order chi connectivity index (χ1) is 11.5. The molecule has 2 aromatic rings. The molecule has 24 heavy (non-hydrogen) atoms. The fourth-order valence-corrected chi connectivity index (χ4v) is 3.13. The molecule has 2 heterocycles. The smallest absolute Gasteiger partial charge is 0.257 e. The van der Waals surface area contributed by atoms with Gasteiger partial charge in [0.2, 0.25) is 5.91 Å². The summed E-state index contributed by atoms with van der Waals surface area (Å²) in [6, 6.07) is 7.99. The van der Waals surface area contributed by atoms with Crippen LogP contribution in [0.2, 0.25) is 0 Å². The molecular formula is C18H22N4O2. The Morgan fingerprint density at radius 1 is 1.21 bits per heavy atom. The maximum absolute atomic E-state index is 12.8. The molecule has 1 aromatic carbocycles. The molecule has 1 aliphatic heterocycles. The van der Waals surface area contributed by atoms with E-state index in [4.69, 9.17) is 5.73 Å². The van der Waals surface area contributed by atoms with Crippen molar-refractivity contribution in [1.82, 2.24) is 14.7 Å². The fourth-order valence-electron chi connectivity index (χ4n) is 3.13. The zero-order chi connectivity index (χ0) is 17.3. The normalized spacial score (nSPS) is 17.8. The fraction of sp³-hybridized carbons (Fsp3) is 0.389. The Morgan fingerprint density at radius 2 is 1.92 bits per heavy atom. The second-order valence-corrected chi connectivity index (χ2v) is 6.38. The number of rotatable bonds is 3. The Hall–Kier alpha value is -2.63. The average Bonchev–Trinajstić information content (AvgIpc) is 2.96. The van der Waals surface area contributed by atoms with E-state index in [1.807, 2.05) is 38.1 Å². The number of amides is 2. The molecule has 2 amide bonds. The molecule has 1 saturated heterocycles. The van der Waals surface area contributed by atoms with Crippen molar-refractivity contribution in [2.75, 3.05) is 13.1 Å². The molecule has 6 heteroatoms. The maximum atomic E-state index is 12.8. The third-order valence-corrected chi connectivity index (χ3v) is 4.63. The van der Waals surface area contributed by atoms with E-state index in [-0.39, 0.29) is 17.7 Å². The summed E-state index contributed by atoms with van der Waals surface area (Å²) >= 11 is 0. The van der Waals surface area contributed by atoms with E-state index in [9.17, 15) is 9.59 Å². The summed E-state index contributed by atoms with van der Waals surface area (Å²) in [6.45, 7) is 4.96. The Bertz CT molecular complexity index is 764. The Labute approximate surface area is 141 Å². The molecule has 0 spiro atoms. The van der Waals surface area contributed by atoms with Crippen molar-refractivity contribution >= 4 is 11.8 Å². The van der Waals surface area contributed by atoms with Crippen LogP contribution in [0.25, 0.3) is 5.69 Å². The third-order valence-electron chi connectivity index (χ3n) is 4.63. The number of nitrogens with zero attached hydrogens (tertiary/aromatic N) is 3. The van der Waals surface area contributed by atoms with Crippen molar-refractivity contribution in [1.29, 1.82) is 0 Å². The number of carbonyl (C=O) groups excluding carboxylic acids is 2. The molecule has 6 nitrogen and oxygen atoms in total. The van der Waals surface area contributed by atoms with Gasteiger partial charge in [-0.2, -0.15) is 5.10 Å². The molecular weight excluding hydrogens is 304 g/mol. The summed E-state index contributed by atoms with van der Waals surface area (Å²) in [4.78, 5) is 25.9. The molecule has 0 saturated carbocycles. The molecule has 0 bridgehead atoms. The van der Waals surface area contributed by atoms with Crippen molar-refractivity contribution in [3.8, 4) is 5.69 Å². The van der Waals surface area contributed by atoms with E-state index in [0.29, 0.717) is 18.7 Å². The van der Waals surface area contributed by atoms with Crippen molar-refractivity contribution in [2.24, 2.45) is 11.7 Å². The van der Waals surface area contributed by atoms with E-state index in [0.717, 1.165) is 24.2 Å². The first-order valence-corrected chi connectivity index (χ1v) is 8.17. The molecule has 126 valence electrons. The molecule has 0 aliphatic carbocycles. The Kier molecular flexibility index (Phi) is 4.38. The molecule has 1 aromatic heterocycles. The van der Waals surface area contributed by atoms with Crippen LogP contribution in [-0.4, -0.2) is 39.6 Å². The van der Waals surface area contributed by atoms with E-state index >= 15 is 0 Å². The first-order valence-electron chi connectivity index (χ1n) is 8.17. The molecule has 1 aliphatic rings. The number of piperidine rings is 1. The highest BCUT2D eigenvalue weighted by molar-refractivity contribution is 5.95. The van der Waals surface area contributed by atoms with Crippen LogP contribution in [0.4, 0.5) is 0 Å². The minimum absolute atomic E-state index is 0.0863. The molecule has 1 atom stereocenters. The van der Waals surface area contributed by atoms with Gasteiger partial charge in [0.15, 0.2) is 0 Å². The van der Waals surface area contributed by atoms with Gasteiger partial charge in [-0.1, -0.05) is 17.7 Å². The average molecular weight is 326 g/mol. The zero-order valence-electron chi connectivity index (χ0n) is 14.0. The predicted octanol–water partition coefficient (Wildman–Crippen LogP) is 1.83. The highest BCUT2D eigenvalue weighted by atomic mass is 16.2. The lowest BCUT2D eigenvalue weighted by Crippen LogP contribution is -2.44. The number of carbonyl (C=O) groups is 2. The number of aromatic nitrogens is 2. The number of benzene rings is 1. The largest absolute Gasteiger partial charge is 0.369 e. The maximum Gasteiger partial charge on any atom is 0.257 e. The minimum Gasteiger partial charge on any atom is -0.369 e. The Morgan fingerprint density at radius 3 is 2.58 bits per heavy atom. The summed E-state index contributed by atoms with van der Waals surface area (Å²) in [7, 11) is 0. The summed E-state index contributed by atoms with van der Waals surface area (Å²) in [5.74, 6) is -0.675. The third kappa shape index (κ3) is 3.04. The van der Waals surface area contributed by atoms with Crippen molar-refractivity contribution in [2.45, 2.75) is 26.7 Å². The first kappa shape index (κ1) is 16.2. The quantitative estimate of drug-likeness (QED) is 0.934. The SMILES string of the molecule is Cc1ccc(-n2ncc(C(=O)N3CCC[C@@H](C(N)=O)C3)c2C)cc1. The number of hydrogen-bond donors (Lipinski definition) is 1.